The number of thiazole rings is 1. The summed E-state index contributed by atoms with van der Waals surface area (Å²) in [6.45, 7) is 8.23. The van der Waals surface area contributed by atoms with Crippen LogP contribution < -0.4 is 5.32 Å². The van der Waals surface area contributed by atoms with E-state index in [2.05, 4.69) is 22.1 Å². The first-order valence-corrected chi connectivity index (χ1v) is 7.14. The molecule has 1 aliphatic heterocycles. The van der Waals surface area contributed by atoms with Crippen LogP contribution in [0.4, 0.5) is 0 Å². The van der Waals surface area contributed by atoms with Crippen LogP contribution in [0.2, 0.25) is 0 Å². The van der Waals surface area contributed by atoms with Gasteiger partial charge in [-0.15, -0.1) is 11.3 Å². The zero-order valence-electron chi connectivity index (χ0n) is 10.8. The van der Waals surface area contributed by atoms with E-state index in [0.717, 1.165) is 31.9 Å². The van der Waals surface area contributed by atoms with Crippen molar-refractivity contribution in [3.8, 4) is 0 Å². The van der Waals surface area contributed by atoms with E-state index < -0.39 is 0 Å². The van der Waals surface area contributed by atoms with Crippen LogP contribution >= 0.6 is 11.3 Å². The number of piperazine rings is 1. The third-order valence-corrected chi connectivity index (χ3v) is 3.71. The van der Waals surface area contributed by atoms with Crippen molar-refractivity contribution < 1.29 is 9.53 Å². The summed E-state index contributed by atoms with van der Waals surface area (Å²) in [5.41, 5.74) is 0.956. The van der Waals surface area contributed by atoms with Crippen molar-refractivity contribution in [2.45, 2.75) is 26.4 Å². The average Bonchev–Trinajstić information content (AvgIpc) is 2.78. The summed E-state index contributed by atoms with van der Waals surface area (Å²) in [7, 11) is 0. The molecular formula is C12H19N3O2S. The molecule has 1 atom stereocenters. The lowest BCUT2D eigenvalue weighted by atomic mass is 10.2. The maximum atomic E-state index is 11.5. The zero-order valence-corrected chi connectivity index (χ0v) is 11.6. The minimum absolute atomic E-state index is 0.317. The van der Waals surface area contributed by atoms with Gasteiger partial charge in [0.25, 0.3) is 0 Å². The first-order valence-electron chi connectivity index (χ1n) is 6.26. The van der Waals surface area contributed by atoms with E-state index >= 15 is 0 Å². The molecule has 0 aliphatic carbocycles. The second kappa shape index (κ2) is 6.26. The quantitative estimate of drug-likeness (QED) is 0.830. The Labute approximate surface area is 111 Å². The molecule has 0 radical (unpaired) electrons. The molecule has 0 saturated carbocycles. The Hall–Kier alpha value is -0.980. The maximum Gasteiger partial charge on any atom is 0.367 e. The van der Waals surface area contributed by atoms with E-state index in [9.17, 15) is 4.79 Å². The molecule has 5 nitrogen and oxygen atoms in total. The van der Waals surface area contributed by atoms with Gasteiger partial charge in [-0.25, -0.2) is 9.78 Å². The van der Waals surface area contributed by atoms with E-state index in [1.165, 1.54) is 11.3 Å². The second-order valence-corrected chi connectivity index (χ2v) is 5.31. The largest absolute Gasteiger partial charge is 0.461 e. The topological polar surface area (TPSA) is 54.5 Å². The molecule has 1 N–H and O–H groups in total. The Morgan fingerprint density at radius 3 is 3.28 bits per heavy atom. The van der Waals surface area contributed by atoms with Gasteiger partial charge in [-0.1, -0.05) is 0 Å². The first-order chi connectivity index (χ1) is 8.69. The summed E-state index contributed by atoms with van der Waals surface area (Å²) in [5.74, 6) is -0.317. The van der Waals surface area contributed by atoms with Crippen LogP contribution in [0.25, 0.3) is 0 Å². The number of nitrogens with one attached hydrogen (secondary N) is 1. The fourth-order valence-electron chi connectivity index (χ4n) is 2.05. The lowest BCUT2D eigenvalue weighted by Gasteiger charge is -2.31. The molecule has 18 heavy (non-hydrogen) atoms. The minimum Gasteiger partial charge on any atom is -0.461 e. The van der Waals surface area contributed by atoms with Crippen LogP contribution in [-0.2, 0) is 11.3 Å². The zero-order chi connectivity index (χ0) is 13.0. The van der Waals surface area contributed by atoms with Crippen molar-refractivity contribution in [2.24, 2.45) is 0 Å². The number of esters is 1. The molecule has 0 spiro atoms. The number of hydrogen-bond acceptors (Lipinski definition) is 6. The molecule has 1 fully saturated rings. The Morgan fingerprint density at radius 1 is 1.72 bits per heavy atom. The van der Waals surface area contributed by atoms with Crippen LogP contribution in [-0.4, -0.2) is 48.1 Å². The third-order valence-electron chi connectivity index (χ3n) is 2.84. The van der Waals surface area contributed by atoms with Gasteiger partial charge in [0.2, 0.25) is 5.01 Å². The van der Waals surface area contributed by atoms with Gasteiger partial charge < -0.3 is 10.1 Å². The van der Waals surface area contributed by atoms with Crippen LogP contribution in [0.3, 0.4) is 0 Å². The van der Waals surface area contributed by atoms with Gasteiger partial charge in [-0.3, -0.25) is 4.90 Å². The molecule has 0 amide bonds. The third kappa shape index (κ3) is 3.51. The van der Waals surface area contributed by atoms with Crippen LogP contribution in [0.15, 0.2) is 5.38 Å². The molecule has 1 aliphatic rings. The average molecular weight is 269 g/mol. The predicted molar refractivity (Wildman–Crippen MR) is 70.8 cm³/mol. The Balaban J connectivity index is 1.91. The first kappa shape index (κ1) is 13.5. The molecule has 2 rings (SSSR count). The number of carbonyl (C=O) groups excluding carboxylic acids is 1. The molecule has 0 aromatic carbocycles. The van der Waals surface area contributed by atoms with Gasteiger partial charge in [-0.05, 0) is 13.8 Å². The van der Waals surface area contributed by atoms with Gasteiger partial charge >= 0.3 is 5.97 Å². The fraction of sp³-hybridized carbons (Fsp3) is 0.667. The molecule has 0 bridgehead atoms. The molecule has 1 aromatic heterocycles. The van der Waals surface area contributed by atoms with Crippen molar-refractivity contribution >= 4 is 17.3 Å². The van der Waals surface area contributed by atoms with E-state index in [0.29, 0.717) is 17.7 Å². The van der Waals surface area contributed by atoms with E-state index in [-0.39, 0.29) is 5.97 Å². The lowest BCUT2D eigenvalue weighted by Crippen LogP contribution is -2.48. The normalized spacial score (nSPS) is 20.9. The van der Waals surface area contributed by atoms with Crippen molar-refractivity contribution in [3.05, 3.63) is 16.1 Å². The number of ether oxygens (including phenoxy) is 1. The predicted octanol–water partition coefficient (Wildman–Crippen LogP) is 1.11. The van der Waals surface area contributed by atoms with E-state index in [1.54, 1.807) is 6.92 Å². The van der Waals surface area contributed by atoms with Crippen molar-refractivity contribution in [1.82, 2.24) is 15.2 Å². The summed E-state index contributed by atoms with van der Waals surface area (Å²) in [4.78, 5) is 18.2. The SMILES string of the molecule is CCOC(=O)c1nc(CN2CCNC(C)C2)cs1. The molecule has 6 heteroatoms. The fourth-order valence-corrected chi connectivity index (χ4v) is 2.75. The smallest absolute Gasteiger partial charge is 0.367 e. The van der Waals surface area contributed by atoms with Gasteiger partial charge in [0.05, 0.1) is 12.3 Å². The summed E-state index contributed by atoms with van der Waals surface area (Å²) in [5, 5.41) is 5.80. The number of carbonyl (C=O) groups is 1. The number of hydrogen-bond donors (Lipinski definition) is 1. The molecule has 1 saturated heterocycles. The number of nitrogens with zero attached hydrogens (tertiary/aromatic N) is 2. The molecular weight excluding hydrogens is 250 g/mol. The van der Waals surface area contributed by atoms with Crippen LogP contribution in [0.1, 0.15) is 29.3 Å². The number of rotatable bonds is 4. The van der Waals surface area contributed by atoms with Crippen LogP contribution in [0.5, 0.6) is 0 Å². The molecule has 100 valence electrons. The Bertz CT molecular complexity index is 408. The van der Waals surface area contributed by atoms with Gasteiger partial charge in [0.15, 0.2) is 0 Å². The maximum absolute atomic E-state index is 11.5. The van der Waals surface area contributed by atoms with E-state index in [1.807, 2.05) is 5.38 Å². The van der Waals surface area contributed by atoms with Crippen molar-refractivity contribution in [1.29, 1.82) is 0 Å². The summed E-state index contributed by atoms with van der Waals surface area (Å²) >= 11 is 1.36. The Morgan fingerprint density at radius 2 is 2.56 bits per heavy atom. The monoisotopic (exact) mass is 269 g/mol. The summed E-state index contributed by atoms with van der Waals surface area (Å²) < 4.78 is 4.93. The van der Waals surface area contributed by atoms with E-state index in [4.69, 9.17) is 4.74 Å². The highest BCUT2D eigenvalue weighted by Gasteiger charge is 2.18. The standard InChI is InChI=1S/C12H19N3O2S/c1-3-17-12(16)11-14-10(8-18-11)7-15-5-4-13-9(2)6-15/h8-9,13H,3-7H2,1-2H3. The highest BCUT2D eigenvalue weighted by atomic mass is 32.1. The lowest BCUT2D eigenvalue weighted by molar-refractivity contribution is 0.0525. The molecule has 2 heterocycles. The summed E-state index contributed by atoms with van der Waals surface area (Å²) in [6, 6.07) is 0.516. The highest BCUT2D eigenvalue weighted by Crippen LogP contribution is 2.14. The van der Waals surface area contributed by atoms with Crippen LogP contribution in [0, 0.1) is 0 Å². The molecule has 1 unspecified atom stereocenters. The highest BCUT2D eigenvalue weighted by molar-refractivity contribution is 7.11. The second-order valence-electron chi connectivity index (χ2n) is 4.45. The van der Waals surface area contributed by atoms with Gasteiger partial charge in [-0.2, -0.15) is 0 Å². The van der Waals surface area contributed by atoms with Crippen molar-refractivity contribution in [3.63, 3.8) is 0 Å². The summed E-state index contributed by atoms with van der Waals surface area (Å²) in [6.07, 6.45) is 0. The van der Waals surface area contributed by atoms with Crippen molar-refractivity contribution in [2.75, 3.05) is 26.2 Å². The Kier molecular flexibility index (Phi) is 4.68. The van der Waals surface area contributed by atoms with Gasteiger partial charge in [0, 0.05) is 37.6 Å². The minimum atomic E-state index is -0.317. The number of aromatic nitrogens is 1. The van der Waals surface area contributed by atoms with Gasteiger partial charge in [0.1, 0.15) is 0 Å². The molecule has 1 aromatic rings.